The third-order valence-electron chi connectivity index (χ3n) is 4.01. The van der Waals surface area contributed by atoms with E-state index >= 15 is 0 Å². The molecule has 0 spiro atoms. The Bertz CT molecular complexity index is 428. The fourth-order valence-corrected chi connectivity index (χ4v) is 3.37. The van der Waals surface area contributed by atoms with Gasteiger partial charge < -0.3 is 15.2 Å². The molecule has 18 heavy (non-hydrogen) atoms. The molecule has 0 bridgehead atoms. The number of rotatable bonds is 4. The van der Waals surface area contributed by atoms with Crippen LogP contribution in [0, 0.1) is 0 Å². The molecule has 100 valence electrons. The second-order valence-corrected chi connectivity index (χ2v) is 5.23. The van der Waals surface area contributed by atoms with E-state index in [0.717, 1.165) is 18.4 Å². The van der Waals surface area contributed by atoms with Gasteiger partial charge >= 0.3 is 0 Å². The van der Waals surface area contributed by atoms with E-state index in [9.17, 15) is 0 Å². The van der Waals surface area contributed by atoms with Gasteiger partial charge in [-0.1, -0.05) is 30.5 Å². The van der Waals surface area contributed by atoms with E-state index in [-0.39, 0.29) is 5.41 Å². The van der Waals surface area contributed by atoms with Crippen LogP contribution in [0.3, 0.4) is 0 Å². The molecule has 0 saturated heterocycles. The second-order valence-electron chi connectivity index (χ2n) is 4.85. The van der Waals surface area contributed by atoms with Gasteiger partial charge in [0.05, 0.1) is 19.2 Å². The Morgan fingerprint density at radius 1 is 1.22 bits per heavy atom. The van der Waals surface area contributed by atoms with Crippen molar-refractivity contribution in [3.8, 4) is 11.5 Å². The summed E-state index contributed by atoms with van der Waals surface area (Å²) in [5, 5.41) is 0.643. The quantitative estimate of drug-likeness (QED) is 0.913. The third kappa shape index (κ3) is 2.06. The summed E-state index contributed by atoms with van der Waals surface area (Å²) in [6.07, 6.45) is 4.61. The minimum Gasteiger partial charge on any atom is -0.493 e. The third-order valence-corrected chi connectivity index (χ3v) is 4.38. The molecule has 1 aliphatic carbocycles. The minimum atomic E-state index is 0.0106. The lowest BCUT2D eigenvalue weighted by Gasteiger charge is -2.29. The van der Waals surface area contributed by atoms with Crippen LogP contribution in [-0.4, -0.2) is 20.8 Å². The molecule has 4 heteroatoms. The number of halogens is 1. The lowest BCUT2D eigenvalue weighted by molar-refractivity contribution is 0.352. The first-order valence-corrected chi connectivity index (χ1v) is 6.67. The monoisotopic (exact) mass is 269 g/mol. The molecule has 0 heterocycles. The summed E-state index contributed by atoms with van der Waals surface area (Å²) >= 11 is 6.48. The molecule has 0 atom stereocenters. The zero-order chi connectivity index (χ0) is 13.2. The van der Waals surface area contributed by atoms with E-state index in [1.54, 1.807) is 14.2 Å². The van der Waals surface area contributed by atoms with Crippen LogP contribution in [-0.2, 0) is 5.41 Å². The van der Waals surface area contributed by atoms with Gasteiger partial charge in [-0.25, -0.2) is 0 Å². The van der Waals surface area contributed by atoms with Crippen molar-refractivity contribution in [2.75, 3.05) is 20.8 Å². The molecule has 0 unspecified atom stereocenters. The molecule has 3 nitrogen and oxygen atoms in total. The number of hydrogen-bond donors (Lipinski definition) is 1. The van der Waals surface area contributed by atoms with Gasteiger partial charge in [-0.15, -0.1) is 0 Å². The van der Waals surface area contributed by atoms with Gasteiger partial charge in [-0.3, -0.25) is 0 Å². The highest BCUT2D eigenvalue weighted by Gasteiger charge is 2.37. The Morgan fingerprint density at radius 2 is 1.89 bits per heavy atom. The zero-order valence-corrected chi connectivity index (χ0v) is 11.7. The molecule has 0 radical (unpaired) electrons. The van der Waals surface area contributed by atoms with Crippen LogP contribution in [0.2, 0.25) is 5.02 Å². The van der Waals surface area contributed by atoms with Crippen LogP contribution >= 0.6 is 11.6 Å². The first-order chi connectivity index (χ1) is 8.68. The Balaban J connectivity index is 2.51. The minimum absolute atomic E-state index is 0.0106. The number of ether oxygens (including phenoxy) is 2. The summed E-state index contributed by atoms with van der Waals surface area (Å²) in [4.78, 5) is 0. The lowest BCUT2D eigenvalue weighted by Crippen LogP contribution is -2.32. The molecular weight excluding hydrogens is 250 g/mol. The predicted molar refractivity (Wildman–Crippen MR) is 73.8 cm³/mol. The average molecular weight is 270 g/mol. The fourth-order valence-electron chi connectivity index (χ4n) is 2.93. The van der Waals surface area contributed by atoms with Crippen molar-refractivity contribution in [3.63, 3.8) is 0 Å². The van der Waals surface area contributed by atoms with Crippen LogP contribution in [0.5, 0.6) is 11.5 Å². The smallest absolute Gasteiger partial charge is 0.179 e. The summed E-state index contributed by atoms with van der Waals surface area (Å²) in [6.45, 7) is 0.627. The molecule has 2 rings (SSSR count). The molecule has 1 fully saturated rings. The standard InChI is InChI=1S/C14H20ClNO2/c1-17-11-6-5-10(12(15)13(11)18-2)14(9-16)7-3-4-8-14/h5-6H,3-4,7-9,16H2,1-2H3. The normalized spacial score (nSPS) is 17.8. The molecule has 0 amide bonds. The second kappa shape index (κ2) is 5.37. The van der Waals surface area contributed by atoms with Gasteiger partial charge in [-0.2, -0.15) is 0 Å². The van der Waals surface area contributed by atoms with Gasteiger partial charge in [-0.05, 0) is 24.5 Å². The largest absolute Gasteiger partial charge is 0.493 e. The summed E-state index contributed by atoms with van der Waals surface area (Å²) in [6, 6.07) is 3.94. The SMILES string of the molecule is COc1ccc(C2(CN)CCCC2)c(Cl)c1OC. The highest BCUT2D eigenvalue weighted by Crippen LogP contribution is 2.47. The molecule has 0 aromatic heterocycles. The average Bonchev–Trinajstić information content (AvgIpc) is 2.88. The van der Waals surface area contributed by atoms with Crippen molar-refractivity contribution in [2.45, 2.75) is 31.1 Å². The maximum Gasteiger partial charge on any atom is 0.179 e. The summed E-state index contributed by atoms with van der Waals surface area (Å²) in [7, 11) is 3.22. The van der Waals surface area contributed by atoms with Gasteiger partial charge in [0, 0.05) is 12.0 Å². The van der Waals surface area contributed by atoms with Gasteiger partial charge in [0.1, 0.15) is 0 Å². The van der Waals surface area contributed by atoms with Crippen LogP contribution in [0.15, 0.2) is 12.1 Å². The highest BCUT2D eigenvalue weighted by molar-refractivity contribution is 6.33. The molecule has 1 aromatic carbocycles. The van der Waals surface area contributed by atoms with E-state index in [1.807, 2.05) is 12.1 Å². The maximum atomic E-state index is 6.48. The van der Waals surface area contributed by atoms with Crippen molar-refractivity contribution in [2.24, 2.45) is 5.73 Å². The fraction of sp³-hybridized carbons (Fsp3) is 0.571. The highest BCUT2D eigenvalue weighted by atomic mass is 35.5. The van der Waals surface area contributed by atoms with Crippen LogP contribution in [0.1, 0.15) is 31.2 Å². The van der Waals surface area contributed by atoms with Crippen molar-refractivity contribution in [1.29, 1.82) is 0 Å². The maximum absolute atomic E-state index is 6.48. The summed E-state index contributed by atoms with van der Waals surface area (Å²) in [5.74, 6) is 1.27. The number of hydrogen-bond acceptors (Lipinski definition) is 3. The Labute approximate surface area is 113 Å². The zero-order valence-electron chi connectivity index (χ0n) is 11.0. The van der Waals surface area contributed by atoms with Crippen molar-refractivity contribution in [3.05, 3.63) is 22.7 Å². The van der Waals surface area contributed by atoms with Crippen molar-refractivity contribution >= 4 is 11.6 Å². The predicted octanol–water partition coefficient (Wildman–Crippen LogP) is 3.13. The summed E-state index contributed by atoms with van der Waals surface area (Å²) in [5.41, 5.74) is 7.11. The first-order valence-electron chi connectivity index (χ1n) is 6.29. The van der Waals surface area contributed by atoms with E-state index in [2.05, 4.69) is 0 Å². The van der Waals surface area contributed by atoms with E-state index in [0.29, 0.717) is 23.1 Å². The molecular formula is C14H20ClNO2. The number of benzene rings is 1. The van der Waals surface area contributed by atoms with E-state index in [4.69, 9.17) is 26.8 Å². The van der Waals surface area contributed by atoms with E-state index in [1.165, 1.54) is 12.8 Å². The topological polar surface area (TPSA) is 44.5 Å². The molecule has 0 aliphatic heterocycles. The van der Waals surface area contributed by atoms with Crippen LogP contribution < -0.4 is 15.2 Å². The Hall–Kier alpha value is -0.930. The molecule has 1 aliphatic rings. The van der Waals surface area contributed by atoms with Crippen molar-refractivity contribution < 1.29 is 9.47 Å². The Kier molecular flexibility index (Phi) is 4.03. The number of methoxy groups -OCH3 is 2. The summed E-state index contributed by atoms with van der Waals surface area (Å²) < 4.78 is 10.6. The van der Waals surface area contributed by atoms with Crippen LogP contribution in [0.25, 0.3) is 0 Å². The molecule has 1 saturated carbocycles. The van der Waals surface area contributed by atoms with Gasteiger partial charge in [0.15, 0.2) is 11.5 Å². The molecule has 1 aromatic rings. The Morgan fingerprint density at radius 3 is 2.39 bits per heavy atom. The first kappa shape index (κ1) is 13.5. The van der Waals surface area contributed by atoms with Crippen LogP contribution in [0.4, 0.5) is 0 Å². The lowest BCUT2D eigenvalue weighted by atomic mass is 9.79. The van der Waals surface area contributed by atoms with Crippen molar-refractivity contribution in [1.82, 2.24) is 0 Å². The molecule has 2 N–H and O–H groups in total. The van der Waals surface area contributed by atoms with E-state index < -0.39 is 0 Å². The van der Waals surface area contributed by atoms with Gasteiger partial charge in [0.25, 0.3) is 0 Å². The number of nitrogens with two attached hydrogens (primary N) is 1. The van der Waals surface area contributed by atoms with Gasteiger partial charge in [0.2, 0.25) is 0 Å².